The standard InChI is InChI=1S/C25H24N4O3/c1-18-7-5-11-22(13-18)32-17-21(30)15-27-25(31)23-16-29(20-9-3-2-4-10-20)28-24(23)19-8-6-12-26-14-19/h2-14,16,21,30H,15,17H2,1H3,(H,27,31). The van der Waals surface area contributed by atoms with Gasteiger partial charge in [0.25, 0.3) is 5.91 Å². The summed E-state index contributed by atoms with van der Waals surface area (Å²) in [7, 11) is 0. The number of ether oxygens (including phenoxy) is 1. The fraction of sp³-hybridized carbons (Fsp3) is 0.160. The number of nitrogens with one attached hydrogen (secondary N) is 1. The van der Waals surface area contributed by atoms with Crippen LogP contribution in [0.3, 0.4) is 0 Å². The summed E-state index contributed by atoms with van der Waals surface area (Å²) in [6.07, 6.45) is 4.16. The van der Waals surface area contributed by atoms with Gasteiger partial charge in [0.1, 0.15) is 24.2 Å². The first-order valence-corrected chi connectivity index (χ1v) is 10.3. The second-order valence-corrected chi connectivity index (χ2v) is 7.40. The molecule has 1 atom stereocenters. The van der Waals surface area contributed by atoms with Crippen molar-refractivity contribution < 1.29 is 14.6 Å². The Morgan fingerprint density at radius 2 is 1.97 bits per heavy atom. The molecule has 0 fully saturated rings. The van der Waals surface area contributed by atoms with Crippen molar-refractivity contribution >= 4 is 5.91 Å². The number of hydrogen-bond acceptors (Lipinski definition) is 5. The predicted molar refractivity (Wildman–Crippen MR) is 122 cm³/mol. The molecule has 2 heterocycles. The van der Waals surface area contributed by atoms with Crippen molar-refractivity contribution in [2.45, 2.75) is 13.0 Å². The highest BCUT2D eigenvalue weighted by atomic mass is 16.5. The van der Waals surface area contributed by atoms with Gasteiger partial charge in [-0.3, -0.25) is 9.78 Å². The molecular weight excluding hydrogens is 404 g/mol. The zero-order valence-electron chi connectivity index (χ0n) is 17.7. The zero-order chi connectivity index (χ0) is 22.3. The number of aromatic nitrogens is 3. The van der Waals surface area contributed by atoms with Crippen LogP contribution in [0.25, 0.3) is 16.9 Å². The highest BCUT2D eigenvalue weighted by Gasteiger charge is 2.19. The van der Waals surface area contributed by atoms with Gasteiger partial charge in [-0.05, 0) is 48.9 Å². The lowest BCUT2D eigenvalue weighted by Gasteiger charge is -2.13. The van der Waals surface area contributed by atoms with E-state index in [0.717, 1.165) is 16.8 Å². The van der Waals surface area contributed by atoms with Crippen LogP contribution in [-0.4, -0.2) is 45.0 Å². The number of carbonyl (C=O) groups excluding carboxylic acids is 1. The van der Waals surface area contributed by atoms with Gasteiger partial charge in [-0.15, -0.1) is 0 Å². The van der Waals surface area contributed by atoms with Crippen LogP contribution in [0.5, 0.6) is 5.75 Å². The average Bonchev–Trinajstić information content (AvgIpc) is 3.28. The van der Waals surface area contributed by atoms with E-state index in [9.17, 15) is 9.90 Å². The molecule has 1 unspecified atom stereocenters. The van der Waals surface area contributed by atoms with Gasteiger partial charge in [-0.2, -0.15) is 5.10 Å². The first kappa shape index (κ1) is 21.3. The number of carbonyl (C=O) groups is 1. The van der Waals surface area contributed by atoms with Crippen LogP contribution < -0.4 is 10.1 Å². The minimum absolute atomic E-state index is 0.0493. The fourth-order valence-corrected chi connectivity index (χ4v) is 3.23. The molecule has 0 aliphatic heterocycles. The number of para-hydroxylation sites is 1. The number of rotatable bonds is 8. The third-order valence-electron chi connectivity index (χ3n) is 4.84. The van der Waals surface area contributed by atoms with Gasteiger partial charge in [0.15, 0.2) is 0 Å². The maximum Gasteiger partial charge on any atom is 0.255 e. The van der Waals surface area contributed by atoms with E-state index in [-0.39, 0.29) is 19.1 Å². The van der Waals surface area contributed by atoms with Crippen LogP contribution in [0.15, 0.2) is 85.3 Å². The summed E-state index contributed by atoms with van der Waals surface area (Å²) in [6.45, 7) is 2.09. The molecule has 0 spiro atoms. The topological polar surface area (TPSA) is 89.3 Å². The third kappa shape index (κ3) is 5.19. The van der Waals surface area contributed by atoms with Crippen molar-refractivity contribution in [2.24, 2.45) is 0 Å². The highest BCUT2D eigenvalue weighted by molar-refractivity contribution is 5.99. The van der Waals surface area contributed by atoms with E-state index in [0.29, 0.717) is 17.0 Å². The van der Waals surface area contributed by atoms with Crippen molar-refractivity contribution in [3.63, 3.8) is 0 Å². The molecule has 2 aromatic heterocycles. The molecule has 32 heavy (non-hydrogen) atoms. The van der Waals surface area contributed by atoms with Gasteiger partial charge in [-0.25, -0.2) is 4.68 Å². The Morgan fingerprint density at radius 1 is 1.12 bits per heavy atom. The third-order valence-corrected chi connectivity index (χ3v) is 4.84. The normalized spacial score (nSPS) is 11.7. The van der Waals surface area contributed by atoms with Crippen molar-refractivity contribution in [2.75, 3.05) is 13.2 Å². The van der Waals surface area contributed by atoms with Crippen LogP contribution in [-0.2, 0) is 0 Å². The molecule has 2 aromatic carbocycles. The average molecular weight is 428 g/mol. The van der Waals surface area contributed by atoms with E-state index in [1.807, 2.05) is 67.6 Å². The maximum atomic E-state index is 13.0. The lowest BCUT2D eigenvalue weighted by Crippen LogP contribution is -2.35. The molecule has 4 rings (SSSR count). The Balaban J connectivity index is 1.47. The van der Waals surface area contributed by atoms with Crippen LogP contribution in [0.1, 0.15) is 15.9 Å². The minimum Gasteiger partial charge on any atom is -0.491 e. The summed E-state index contributed by atoms with van der Waals surface area (Å²) in [6, 6.07) is 20.8. The largest absolute Gasteiger partial charge is 0.491 e. The maximum absolute atomic E-state index is 13.0. The van der Waals surface area contributed by atoms with Gasteiger partial charge in [0.05, 0.1) is 11.3 Å². The SMILES string of the molecule is Cc1cccc(OCC(O)CNC(=O)c2cn(-c3ccccc3)nc2-c2cccnc2)c1. The number of nitrogens with zero attached hydrogens (tertiary/aromatic N) is 3. The van der Waals surface area contributed by atoms with Gasteiger partial charge in [0.2, 0.25) is 0 Å². The summed E-state index contributed by atoms with van der Waals surface area (Å²) in [4.78, 5) is 17.1. The van der Waals surface area contributed by atoms with Crippen LogP contribution in [0.2, 0.25) is 0 Å². The van der Waals surface area contributed by atoms with Gasteiger partial charge >= 0.3 is 0 Å². The molecule has 0 aliphatic carbocycles. The Hall–Kier alpha value is -3.97. The van der Waals surface area contributed by atoms with Crippen LogP contribution in [0, 0.1) is 6.92 Å². The van der Waals surface area contributed by atoms with Gasteiger partial charge in [-0.1, -0.05) is 30.3 Å². The number of benzene rings is 2. The van der Waals surface area contributed by atoms with E-state index in [4.69, 9.17) is 4.74 Å². The molecule has 4 aromatic rings. The zero-order valence-corrected chi connectivity index (χ0v) is 17.7. The molecule has 0 saturated carbocycles. The molecule has 7 nitrogen and oxygen atoms in total. The predicted octanol–water partition coefficient (Wildman–Crippen LogP) is 3.41. The highest BCUT2D eigenvalue weighted by Crippen LogP contribution is 2.23. The summed E-state index contributed by atoms with van der Waals surface area (Å²) >= 11 is 0. The number of aryl methyl sites for hydroxylation is 1. The monoisotopic (exact) mass is 428 g/mol. The van der Waals surface area contributed by atoms with E-state index >= 15 is 0 Å². The van der Waals surface area contributed by atoms with Crippen LogP contribution >= 0.6 is 0 Å². The van der Waals surface area contributed by atoms with Crippen LogP contribution in [0.4, 0.5) is 0 Å². The molecule has 0 radical (unpaired) electrons. The number of amides is 1. The van der Waals surface area contributed by atoms with Gasteiger partial charge in [0, 0.05) is 30.7 Å². The molecule has 0 bridgehead atoms. The Morgan fingerprint density at radius 3 is 2.72 bits per heavy atom. The molecule has 1 amide bonds. The van der Waals surface area contributed by atoms with Crippen molar-refractivity contribution in [3.8, 4) is 22.7 Å². The van der Waals surface area contributed by atoms with E-state index < -0.39 is 6.10 Å². The van der Waals surface area contributed by atoms with Crippen molar-refractivity contribution in [1.29, 1.82) is 0 Å². The van der Waals surface area contributed by atoms with Crippen molar-refractivity contribution in [1.82, 2.24) is 20.1 Å². The van der Waals surface area contributed by atoms with E-state index in [2.05, 4.69) is 15.4 Å². The Bertz CT molecular complexity index is 1180. The molecule has 0 saturated heterocycles. The summed E-state index contributed by atoms with van der Waals surface area (Å²) < 4.78 is 7.28. The second kappa shape index (κ2) is 9.89. The van der Waals surface area contributed by atoms with E-state index in [1.54, 1.807) is 29.3 Å². The summed E-state index contributed by atoms with van der Waals surface area (Å²) in [5.74, 6) is 0.346. The number of pyridine rings is 1. The quantitative estimate of drug-likeness (QED) is 0.449. The summed E-state index contributed by atoms with van der Waals surface area (Å²) in [5.41, 5.74) is 3.56. The lowest BCUT2D eigenvalue weighted by molar-refractivity contribution is 0.0844. The lowest BCUT2D eigenvalue weighted by atomic mass is 10.1. The number of hydrogen-bond donors (Lipinski definition) is 2. The number of aliphatic hydroxyl groups excluding tert-OH is 1. The first-order chi connectivity index (χ1) is 15.6. The Kier molecular flexibility index (Phi) is 6.57. The van der Waals surface area contributed by atoms with Gasteiger partial charge < -0.3 is 15.2 Å². The smallest absolute Gasteiger partial charge is 0.255 e. The minimum atomic E-state index is -0.856. The van der Waals surface area contributed by atoms with Crippen molar-refractivity contribution in [3.05, 3.63) is 96.4 Å². The van der Waals surface area contributed by atoms with E-state index in [1.165, 1.54) is 0 Å². The molecule has 0 aliphatic rings. The Labute approximate surface area is 186 Å². The molecule has 7 heteroatoms. The summed E-state index contributed by atoms with van der Waals surface area (Å²) in [5, 5.41) is 17.7. The second-order valence-electron chi connectivity index (χ2n) is 7.40. The molecule has 162 valence electrons. The fourth-order valence-electron chi connectivity index (χ4n) is 3.23. The molecular formula is C25H24N4O3. The number of aliphatic hydroxyl groups is 1. The molecule has 2 N–H and O–H groups in total. The first-order valence-electron chi connectivity index (χ1n) is 10.3.